The van der Waals surface area contributed by atoms with Crippen molar-refractivity contribution >= 4 is 17.4 Å². The van der Waals surface area contributed by atoms with Crippen molar-refractivity contribution in [2.75, 3.05) is 11.9 Å². The molecule has 0 amide bonds. The Morgan fingerprint density at radius 3 is 2.62 bits per heavy atom. The highest BCUT2D eigenvalue weighted by Gasteiger charge is 2.28. The van der Waals surface area contributed by atoms with Crippen LogP contribution in [0.5, 0.6) is 0 Å². The van der Waals surface area contributed by atoms with E-state index < -0.39 is 0 Å². The van der Waals surface area contributed by atoms with Crippen molar-refractivity contribution in [1.29, 1.82) is 0 Å². The summed E-state index contributed by atoms with van der Waals surface area (Å²) < 4.78 is 0. The highest BCUT2D eigenvalue weighted by atomic mass is 35.5. The molecular formula is C17H20ClN3. The third kappa shape index (κ3) is 2.88. The zero-order valence-corrected chi connectivity index (χ0v) is 13.5. The largest absolute Gasteiger partial charge is 0.370 e. The predicted molar refractivity (Wildman–Crippen MR) is 88.1 cm³/mol. The summed E-state index contributed by atoms with van der Waals surface area (Å²) in [5.41, 5.74) is 4.22. The summed E-state index contributed by atoms with van der Waals surface area (Å²) in [5.74, 6) is 2.44. The molecule has 1 saturated carbocycles. The van der Waals surface area contributed by atoms with E-state index in [4.69, 9.17) is 21.6 Å². The first kappa shape index (κ1) is 14.3. The highest BCUT2D eigenvalue weighted by molar-refractivity contribution is 6.31. The van der Waals surface area contributed by atoms with Crippen molar-refractivity contribution in [2.24, 2.45) is 0 Å². The summed E-state index contributed by atoms with van der Waals surface area (Å²) in [6, 6.07) is 6.13. The summed E-state index contributed by atoms with van der Waals surface area (Å²) in [6.07, 6.45) is 2.39. The van der Waals surface area contributed by atoms with Crippen molar-refractivity contribution in [3.05, 3.63) is 40.2 Å². The van der Waals surface area contributed by atoms with Crippen LogP contribution in [-0.4, -0.2) is 16.5 Å². The zero-order valence-electron chi connectivity index (χ0n) is 12.7. The maximum Gasteiger partial charge on any atom is 0.134 e. The van der Waals surface area contributed by atoms with Gasteiger partial charge in [0.2, 0.25) is 0 Å². The molecule has 21 heavy (non-hydrogen) atoms. The van der Waals surface area contributed by atoms with Gasteiger partial charge in [0.1, 0.15) is 11.6 Å². The summed E-state index contributed by atoms with van der Waals surface area (Å²) in [6.45, 7) is 7.02. The Kier molecular flexibility index (Phi) is 3.85. The van der Waals surface area contributed by atoms with Crippen molar-refractivity contribution < 1.29 is 0 Å². The average Bonchev–Trinajstić information content (AvgIpc) is 3.29. The summed E-state index contributed by atoms with van der Waals surface area (Å²) >= 11 is 6.27. The Morgan fingerprint density at radius 2 is 2.00 bits per heavy atom. The second-order valence-electron chi connectivity index (χ2n) is 5.67. The van der Waals surface area contributed by atoms with Crippen LogP contribution in [0.4, 0.5) is 5.82 Å². The van der Waals surface area contributed by atoms with Crippen molar-refractivity contribution in [3.8, 4) is 11.3 Å². The van der Waals surface area contributed by atoms with Crippen molar-refractivity contribution in [2.45, 2.75) is 39.5 Å². The lowest BCUT2D eigenvalue weighted by molar-refractivity contribution is 0.918. The predicted octanol–water partition coefficient (Wildman–Crippen LogP) is 4.72. The molecule has 0 atom stereocenters. The van der Waals surface area contributed by atoms with Gasteiger partial charge in [0.15, 0.2) is 0 Å². The minimum atomic E-state index is 0.530. The van der Waals surface area contributed by atoms with Crippen LogP contribution in [0.15, 0.2) is 18.2 Å². The Balaban J connectivity index is 2.12. The van der Waals surface area contributed by atoms with Crippen LogP contribution in [0.3, 0.4) is 0 Å². The number of hydrogen-bond donors (Lipinski definition) is 1. The van der Waals surface area contributed by atoms with Gasteiger partial charge in [-0.15, -0.1) is 0 Å². The van der Waals surface area contributed by atoms with E-state index in [1.165, 1.54) is 12.8 Å². The second-order valence-corrected chi connectivity index (χ2v) is 6.08. The molecule has 3 nitrogen and oxygen atoms in total. The number of hydrogen-bond acceptors (Lipinski definition) is 3. The van der Waals surface area contributed by atoms with Gasteiger partial charge >= 0.3 is 0 Å². The first-order valence-electron chi connectivity index (χ1n) is 7.49. The van der Waals surface area contributed by atoms with Gasteiger partial charge in [0.05, 0.1) is 5.69 Å². The Morgan fingerprint density at radius 1 is 1.24 bits per heavy atom. The second kappa shape index (κ2) is 5.64. The van der Waals surface area contributed by atoms with Gasteiger partial charge in [-0.1, -0.05) is 23.7 Å². The lowest BCUT2D eigenvalue weighted by Crippen LogP contribution is -2.07. The monoisotopic (exact) mass is 301 g/mol. The number of anilines is 1. The minimum Gasteiger partial charge on any atom is -0.370 e. The van der Waals surface area contributed by atoms with Crippen LogP contribution in [0, 0.1) is 13.8 Å². The van der Waals surface area contributed by atoms with E-state index in [2.05, 4.69) is 25.2 Å². The van der Waals surface area contributed by atoms with E-state index in [0.29, 0.717) is 5.92 Å². The quantitative estimate of drug-likeness (QED) is 0.887. The highest BCUT2D eigenvalue weighted by Crippen LogP contribution is 2.40. The topological polar surface area (TPSA) is 37.8 Å². The molecule has 4 heteroatoms. The summed E-state index contributed by atoms with van der Waals surface area (Å²) in [4.78, 5) is 9.50. The van der Waals surface area contributed by atoms with Gasteiger partial charge in [0.25, 0.3) is 0 Å². The first-order chi connectivity index (χ1) is 10.1. The molecule has 1 aliphatic rings. The fraction of sp³-hybridized carbons (Fsp3) is 0.412. The molecule has 2 aromatic rings. The van der Waals surface area contributed by atoms with Gasteiger partial charge < -0.3 is 5.32 Å². The Labute approximate surface area is 130 Å². The average molecular weight is 302 g/mol. The SMILES string of the molecule is CCNc1nc(C2CC2)nc(-c2ccc(C)c(Cl)c2)c1C. The molecule has 110 valence electrons. The molecule has 1 aromatic carbocycles. The van der Waals surface area contributed by atoms with Gasteiger partial charge in [-0.2, -0.15) is 0 Å². The third-order valence-corrected chi connectivity index (χ3v) is 4.30. The maximum absolute atomic E-state index is 6.27. The van der Waals surface area contributed by atoms with Crippen LogP contribution < -0.4 is 5.32 Å². The van der Waals surface area contributed by atoms with E-state index in [1.54, 1.807) is 0 Å². The normalized spacial score (nSPS) is 14.3. The summed E-state index contributed by atoms with van der Waals surface area (Å²) in [5, 5.41) is 4.13. The molecule has 1 aromatic heterocycles. The lowest BCUT2D eigenvalue weighted by Gasteiger charge is -2.14. The fourth-order valence-electron chi connectivity index (χ4n) is 2.42. The van der Waals surface area contributed by atoms with Crippen molar-refractivity contribution in [1.82, 2.24) is 9.97 Å². The number of halogens is 1. The number of benzene rings is 1. The molecule has 1 heterocycles. The number of nitrogens with zero attached hydrogens (tertiary/aromatic N) is 2. The standard InChI is InChI=1S/C17H20ClN3/c1-4-19-16-11(3)15(20-17(21-16)12-7-8-12)13-6-5-10(2)14(18)9-13/h5-6,9,12H,4,7-8H2,1-3H3,(H,19,20,21). The van der Waals surface area contributed by atoms with Crippen LogP contribution in [0.2, 0.25) is 5.02 Å². The fourth-order valence-corrected chi connectivity index (χ4v) is 2.60. The van der Waals surface area contributed by atoms with E-state index >= 15 is 0 Å². The van der Waals surface area contributed by atoms with Crippen LogP contribution in [-0.2, 0) is 0 Å². The van der Waals surface area contributed by atoms with E-state index in [9.17, 15) is 0 Å². The molecule has 0 saturated heterocycles. The smallest absolute Gasteiger partial charge is 0.134 e. The van der Waals surface area contributed by atoms with Gasteiger partial charge in [-0.05, 0) is 45.2 Å². The Bertz CT molecular complexity index is 678. The van der Waals surface area contributed by atoms with Gasteiger partial charge in [-0.3, -0.25) is 0 Å². The number of nitrogens with one attached hydrogen (secondary N) is 1. The van der Waals surface area contributed by atoms with Crippen LogP contribution in [0.1, 0.15) is 42.6 Å². The molecule has 1 fully saturated rings. The molecule has 0 spiro atoms. The summed E-state index contributed by atoms with van der Waals surface area (Å²) in [7, 11) is 0. The molecule has 1 N–H and O–H groups in total. The number of aryl methyl sites for hydroxylation is 1. The van der Waals surface area contributed by atoms with E-state index in [0.717, 1.165) is 45.6 Å². The lowest BCUT2D eigenvalue weighted by atomic mass is 10.1. The first-order valence-corrected chi connectivity index (χ1v) is 7.87. The van der Waals surface area contributed by atoms with Gasteiger partial charge in [0, 0.05) is 28.6 Å². The van der Waals surface area contributed by atoms with Crippen molar-refractivity contribution in [3.63, 3.8) is 0 Å². The van der Waals surface area contributed by atoms with E-state index in [-0.39, 0.29) is 0 Å². The molecule has 3 rings (SSSR count). The molecule has 0 radical (unpaired) electrons. The molecular weight excluding hydrogens is 282 g/mol. The van der Waals surface area contributed by atoms with E-state index in [1.807, 2.05) is 19.1 Å². The Hall–Kier alpha value is -1.61. The number of aromatic nitrogens is 2. The number of rotatable bonds is 4. The third-order valence-electron chi connectivity index (χ3n) is 3.90. The van der Waals surface area contributed by atoms with Gasteiger partial charge in [-0.25, -0.2) is 9.97 Å². The zero-order chi connectivity index (χ0) is 15.0. The molecule has 1 aliphatic carbocycles. The maximum atomic E-state index is 6.27. The molecule has 0 aliphatic heterocycles. The molecule has 0 unspecified atom stereocenters. The van der Waals surface area contributed by atoms with Crippen LogP contribution >= 0.6 is 11.6 Å². The molecule has 0 bridgehead atoms. The van der Waals surface area contributed by atoms with Crippen LogP contribution in [0.25, 0.3) is 11.3 Å². The minimum absolute atomic E-state index is 0.530.